The monoisotopic (exact) mass is 237 g/mol. The van der Waals surface area contributed by atoms with Crippen LogP contribution in [-0.2, 0) is 0 Å². The standard InChI is InChI=1S/C11H12FN3S/c1-2-7-13-11(16)15-14-8-9-5-3-4-6-10(9)12/h2-6,8H,1,7H2,(H2,13,15,16)/b14-8+. The Hall–Kier alpha value is -1.75. The maximum absolute atomic E-state index is 13.1. The van der Waals surface area contributed by atoms with Crippen molar-refractivity contribution in [1.82, 2.24) is 10.7 Å². The number of hydrogen-bond donors (Lipinski definition) is 2. The molecule has 2 N–H and O–H groups in total. The van der Waals surface area contributed by atoms with Crippen molar-refractivity contribution < 1.29 is 4.39 Å². The molecule has 1 aromatic rings. The van der Waals surface area contributed by atoms with Crippen LogP contribution in [0.15, 0.2) is 42.0 Å². The second kappa shape index (κ2) is 6.68. The van der Waals surface area contributed by atoms with E-state index in [0.717, 1.165) is 0 Å². The summed E-state index contributed by atoms with van der Waals surface area (Å²) in [7, 11) is 0. The Bertz CT molecular complexity index is 404. The van der Waals surface area contributed by atoms with Gasteiger partial charge in [-0.1, -0.05) is 24.3 Å². The molecule has 0 unspecified atom stereocenters. The topological polar surface area (TPSA) is 36.4 Å². The fraction of sp³-hybridized carbons (Fsp3) is 0.0909. The van der Waals surface area contributed by atoms with Crippen molar-refractivity contribution in [3.63, 3.8) is 0 Å². The SMILES string of the molecule is C=CCNC(=S)N/N=C/c1ccccc1F. The molecule has 5 heteroatoms. The molecule has 0 saturated carbocycles. The van der Waals surface area contributed by atoms with E-state index < -0.39 is 0 Å². The lowest BCUT2D eigenvalue weighted by atomic mass is 10.2. The highest BCUT2D eigenvalue weighted by Crippen LogP contribution is 2.02. The minimum absolute atomic E-state index is 0.321. The van der Waals surface area contributed by atoms with Crippen molar-refractivity contribution in [2.75, 3.05) is 6.54 Å². The van der Waals surface area contributed by atoms with Crippen LogP contribution < -0.4 is 10.7 Å². The van der Waals surface area contributed by atoms with Crippen LogP contribution in [0.3, 0.4) is 0 Å². The minimum Gasteiger partial charge on any atom is -0.358 e. The van der Waals surface area contributed by atoms with Crippen LogP contribution in [0.4, 0.5) is 4.39 Å². The highest BCUT2D eigenvalue weighted by atomic mass is 32.1. The second-order valence-electron chi connectivity index (χ2n) is 2.89. The van der Waals surface area contributed by atoms with Crippen LogP contribution in [0.2, 0.25) is 0 Å². The first-order chi connectivity index (χ1) is 7.74. The Balaban J connectivity index is 2.46. The highest BCUT2D eigenvalue weighted by molar-refractivity contribution is 7.80. The molecule has 0 bridgehead atoms. The van der Waals surface area contributed by atoms with Gasteiger partial charge in [0.2, 0.25) is 0 Å². The zero-order chi connectivity index (χ0) is 11.8. The molecule has 0 saturated heterocycles. The van der Waals surface area contributed by atoms with Gasteiger partial charge < -0.3 is 5.32 Å². The Morgan fingerprint density at radius 3 is 2.94 bits per heavy atom. The third-order valence-corrected chi connectivity index (χ3v) is 1.92. The molecule has 0 heterocycles. The van der Waals surface area contributed by atoms with Crippen LogP contribution >= 0.6 is 12.2 Å². The average Bonchev–Trinajstić information content (AvgIpc) is 2.29. The predicted molar refractivity (Wildman–Crippen MR) is 67.9 cm³/mol. The van der Waals surface area contributed by atoms with Gasteiger partial charge in [0.1, 0.15) is 5.82 Å². The first kappa shape index (κ1) is 12.3. The zero-order valence-electron chi connectivity index (χ0n) is 8.61. The molecule has 0 spiro atoms. The summed E-state index contributed by atoms with van der Waals surface area (Å²) in [4.78, 5) is 0. The summed E-state index contributed by atoms with van der Waals surface area (Å²) in [6.45, 7) is 4.09. The van der Waals surface area contributed by atoms with Gasteiger partial charge in [-0.15, -0.1) is 6.58 Å². The molecule has 1 aromatic carbocycles. The molecule has 0 aliphatic rings. The van der Waals surface area contributed by atoms with Crippen molar-refractivity contribution in [3.05, 3.63) is 48.3 Å². The van der Waals surface area contributed by atoms with Gasteiger partial charge in [0.25, 0.3) is 0 Å². The smallest absolute Gasteiger partial charge is 0.187 e. The predicted octanol–water partition coefficient (Wildman–Crippen LogP) is 1.81. The average molecular weight is 237 g/mol. The molecule has 0 atom stereocenters. The van der Waals surface area contributed by atoms with Gasteiger partial charge in [0.05, 0.1) is 6.21 Å². The van der Waals surface area contributed by atoms with Crippen molar-refractivity contribution in [1.29, 1.82) is 0 Å². The lowest BCUT2D eigenvalue weighted by Crippen LogP contribution is -2.31. The number of thiocarbonyl (C=S) groups is 1. The molecule has 84 valence electrons. The van der Waals surface area contributed by atoms with E-state index in [2.05, 4.69) is 22.4 Å². The Kier molecular flexibility index (Phi) is 5.15. The van der Waals surface area contributed by atoms with Crippen LogP contribution in [0.5, 0.6) is 0 Å². The van der Waals surface area contributed by atoms with Gasteiger partial charge in [0, 0.05) is 12.1 Å². The quantitative estimate of drug-likeness (QED) is 0.363. The molecule has 0 radical (unpaired) electrons. The Morgan fingerprint density at radius 1 is 1.50 bits per heavy atom. The number of nitrogens with zero attached hydrogens (tertiary/aromatic N) is 1. The number of benzene rings is 1. The number of hydrogen-bond acceptors (Lipinski definition) is 2. The number of halogens is 1. The molecule has 1 rings (SSSR count). The van der Waals surface area contributed by atoms with Crippen molar-refractivity contribution >= 4 is 23.5 Å². The third kappa shape index (κ3) is 4.18. The highest BCUT2D eigenvalue weighted by Gasteiger charge is 1.95. The maximum Gasteiger partial charge on any atom is 0.187 e. The maximum atomic E-state index is 13.1. The summed E-state index contributed by atoms with van der Waals surface area (Å²) in [5.41, 5.74) is 2.97. The fourth-order valence-corrected chi connectivity index (χ4v) is 1.08. The number of nitrogens with one attached hydrogen (secondary N) is 2. The van der Waals surface area contributed by atoms with Gasteiger partial charge in [0.15, 0.2) is 5.11 Å². The molecule has 0 aliphatic carbocycles. The van der Waals surface area contributed by atoms with Crippen LogP contribution in [0, 0.1) is 5.82 Å². The lowest BCUT2D eigenvalue weighted by molar-refractivity contribution is 0.626. The molecule has 16 heavy (non-hydrogen) atoms. The van der Waals surface area contributed by atoms with Crippen LogP contribution in [0.25, 0.3) is 0 Å². The summed E-state index contributed by atoms with van der Waals surface area (Å²) in [6.07, 6.45) is 3.05. The van der Waals surface area contributed by atoms with Crippen molar-refractivity contribution in [3.8, 4) is 0 Å². The molecule has 0 amide bonds. The summed E-state index contributed by atoms with van der Waals surface area (Å²) in [5.74, 6) is -0.321. The van der Waals surface area contributed by atoms with E-state index in [9.17, 15) is 4.39 Å². The van der Waals surface area contributed by atoms with Gasteiger partial charge >= 0.3 is 0 Å². The van der Waals surface area contributed by atoms with Gasteiger partial charge in [-0.25, -0.2) is 4.39 Å². The van der Waals surface area contributed by atoms with Crippen LogP contribution in [-0.4, -0.2) is 17.9 Å². The molecule has 0 aliphatic heterocycles. The first-order valence-corrected chi connectivity index (χ1v) is 5.07. The van der Waals surface area contributed by atoms with E-state index in [1.165, 1.54) is 12.3 Å². The molecule has 3 nitrogen and oxygen atoms in total. The minimum atomic E-state index is -0.321. The second-order valence-corrected chi connectivity index (χ2v) is 3.30. The van der Waals surface area contributed by atoms with E-state index in [1.807, 2.05) is 0 Å². The normalized spacial score (nSPS) is 10.1. The summed E-state index contributed by atoms with van der Waals surface area (Å²) < 4.78 is 13.1. The molecular weight excluding hydrogens is 225 g/mol. The third-order valence-electron chi connectivity index (χ3n) is 1.68. The first-order valence-electron chi connectivity index (χ1n) is 4.66. The Labute approximate surface area is 99.1 Å². The van der Waals surface area contributed by atoms with E-state index in [-0.39, 0.29) is 5.82 Å². The lowest BCUT2D eigenvalue weighted by Gasteiger charge is -2.03. The summed E-state index contributed by atoms with van der Waals surface area (Å²) in [6, 6.07) is 6.35. The zero-order valence-corrected chi connectivity index (χ0v) is 9.43. The largest absolute Gasteiger partial charge is 0.358 e. The Morgan fingerprint density at radius 2 is 2.25 bits per heavy atom. The van der Waals surface area contributed by atoms with Gasteiger partial charge in [-0.05, 0) is 18.3 Å². The van der Waals surface area contributed by atoms with E-state index >= 15 is 0 Å². The van der Waals surface area contributed by atoms with Gasteiger partial charge in [-0.3, -0.25) is 5.43 Å². The van der Waals surface area contributed by atoms with Crippen LogP contribution in [0.1, 0.15) is 5.56 Å². The summed E-state index contributed by atoms with van der Waals surface area (Å²) in [5, 5.41) is 7.00. The summed E-state index contributed by atoms with van der Waals surface area (Å²) >= 11 is 4.89. The molecule has 0 fully saturated rings. The van der Waals surface area contributed by atoms with Gasteiger partial charge in [-0.2, -0.15) is 5.10 Å². The van der Waals surface area contributed by atoms with E-state index in [0.29, 0.717) is 17.2 Å². The molecular formula is C11H12FN3S. The number of hydrazone groups is 1. The molecule has 0 aromatic heterocycles. The van der Waals surface area contributed by atoms with Crippen molar-refractivity contribution in [2.24, 2.45) is 5.10 Å². The fourth-order valence-electron chi connectivity index (χ4n) is 0.945. The van der Waals surface area contributed by atoms with E-state index in [1.54, 1.807) is 24.3 Å². The van der Waals surface area contributed by atoms with E-state index in [4.69, 9.17) is 12.2 Å². The number of rotatable bonds is 4. The van der Waals surface area contributed by atoms with Crippen molar-refractivity contribution in [2.45, 2.75) is 0 Å².